The monoisotopic (exact) mass is 483 g/mol. The van der Waals surface area contributed by atoms with Crippen LogP contribution in [0.25, 0.3) is 0 Å². The predicted octanol–water partition coefficient (Wildman–Crippen LogP) is 4.17. The fourth-order valence-electron chi connectivity index (χ4n) is 5.27. The molecule has 1 fully saturated rings. The number of fused-ring (bicyclic) bond motifs is 2. The van der Waals surface area contributed by atoms with Crippen LogP contribution in [-0.2, 0) is 16.1 Å². The summed E-state index contributed by atoms with van der Waals surface area (Å²) in [5, 5.41) is 2.76. The van der Waals surface area contributed by atoms with Gasteiger partial charge >= 0.3 is 0 Å². The van der Waals surface area contributed by atoms with Gasteiger partial charge in [-0.25, -0.2) is 0 Å². The summed E-state index contributed by atoms with van der Waals surface area (Å²) in [6, 6.07) is 23.9. The first-order valence-electron chi connectivity index (χ1n) is 12.3. The summed E-state index contributed by atoms with van der Waals surface area (Å²) in [7, 11) is 1.56. The number of nitrogens with one attached hydrogen (secondary N) is 1. The van der Waals surface area contributed by atoms with Crippen LogP contribution in [-0.4, -0.2) is 37.4 Å². The number of hydrogen-bond acceptors (Lipinski definition) is 4. The maximum Gasteiger partial charge on any atom is 0.251 e. The van der Waals surface area contributed by atoms with Crippen LogP contribution >= 0.6 is 0 Å². The summed E-state index contributed by atoms with van der Waals surface area (Å²) >= 11 is 0. The van der Waals surface area contributed by atoms with Gasteiger partial charge in [-0.15, -0.1) is 0 Å². The molecule has 0 saturated heterocycles. The van der Waals surface area contributed by atoms with E-state index in [-0.39, 0.29) is 36.2 Å². The Labute approximate surface area is 210 Å². The fourth-order valence-corrected chi connectivity index (χ4v) is 5.27. The largest absolute Gasteiger partial charge is 0.497 e. The highest BCUT2D eigenvalue weighted by Crippen LogP contribution is 2.43. The number of carbonyl (C=O) groups excluding carboxylic acids is 3. The lowest BCUT2D eigenvalue weighted by Gasteiger charge is -2.30. The van der Waals surface area contributed by atoms with E-state index in [0.717, 1.165) is 30.5 Å². The lowest BCUT2D eigenvalue weighted by atomic mass is 10.0. The minimum Gasteiger partial charge on any atom is -0.497 e. The van der Waals surface area contributed by atoms with Crippen molar-refractivity contribution in [1.82, 2.24) is 5.32 Å². The molecule has 1 N–H and O–H groups in total. The molecule has 2 aliphatic rings. The molecular weight excluding hydrogens is 454 g/mol. The van der Waals surface area contributed by atoms with Gasteiger partial charge in [0.05, 0.1) is 37.5 Å². The van der Waals surface area contributed by atoms with E-state index < -0.39 is 0 Å². The smallest absolute Gasteiger partial charge is 0.251 e. The van der Waals surface area contributed by atoms with Gasteiger partial charge < -0.3 is 19.9 Å². The summed E-state index contributed by atoms with van der Waals surface area (Å²) < 4.78 is 5.14. The van der Waals surface area contributed by atoms with Gasteiger partial charge in [-0.05, 0) is 54.8 Å². The highest BCUT2D eigenvalue weighted by Gasteiger charge is 2.45. The van der Waals surface area contributed by atoms with Crippen molar-refractivity contribution in [1.29, 1.82) is 0 Å². The average molecular weight is 484 g/mol. The lowest BCUT2D eigenvalue weighted by molar-refractivity contribution is -0.123. The predicted molar refractivity (Wildman–Crippen MR) is 138 cm³/mol. The highest BCUT2D eigenvalue weighted by molar-refractivity contribution is 6.08. The molecule has 1 aliphatic carbocycles. The molecule has 1 saturated carbocycles. The van der Waals surface area contributed by atoms with E-state index >= 15 is 0 Å². The van der Waals surface area contributed by atoms with Gasteiger partial charge in [0, 0.05) is 11.6 Å². The maximum atomic E-state index is 13.8. The third kappa shape index (κ3) is 4.56. The van der Waals surface area contributed by atoms with Gasteiger partial charge in [-0.3, -0.25) is 14.4 Å². The molecule has 1 heterocycles. The van der Waals surface area contributed by atoms with Crippen LogP contribution in [0.4, 0.5) is 11.4 Å². The number of amides is 3. The molecule has 0 spiro atoms. The summed E-state index contributed by atoms with van der Waals surface area (Å²) in [6.07, 6.45) is 2.37. The number of nitrogens with zero attached hydrogens (tertiary/aromatic N) is 2. The van der Waals surface area contributed by atoms with Crippen LogP contribution in [0.1, 0.15) is 35.2 Å². The average Bonchev–Trinajstić information content (AvgIpc) is 3.37. The van der Waals surface area contributed by atoms with Crippen molar-refractivity contribution >= 4 is 29.1 Å². The molecular formula is C29H29N3O4. The van der Waals surface area contributed by atoms with Crippen LogP contribution in [0.3, 0.4) is 0 Å². The third-order valence-electron chi connectivity index (χ3n) is 7.03. The number of rotatable bonds is 6. The Morgan fingerprint density at radius 1 is 0.917 bits per heavy atom. The molecule has 3 amide bonds. The van der Waals surface area contributed by atoms with Gasteiger partial charge in [-0.2, -0.15) is 0 Å². The SMILES string of the molecule is COc1ccc(C(=O)NCC(=O)N2c3ccccc3N(Cc3ccccc3)C(=O)C3CCCC32)cc1. The summed E-state index contributed by atoms with van der Waals surface area (Å²) in [5.41, 5.74) is 2.90. The van der Waals surface area contributed by atoms with E-state index in [1.807, 2.05) is 59.5 Å². The first-order valence-corrected chi connectivity index (χ1v) is 12.3. The zero-order valence-corrected chi connectivity index (χ0v) is 20.2. The Morgan fingerprint density at radius 3 is 2.33 bits per heavy atom. The maximum absolute atomic E-state index is 13.8. The first-order chi connectivity index (χ1) is 17.6. The quantitative estimate of drug-likeness (QED) is 0.571. The van der Waals surface area contributed by atoms with Crippen molar-refractivity contribution in [3.8, 4) is 5.75 Å². The minimum atomic E-state index is -0.334. The second-order valence-electron chi connectivity index (χ2n) is 9.18. The van der Waals surface area contributed by atoms with Gasteiger partial charge in [0.25, 0.3) is 5.91 Å². The van der Waals surface area contributed by atoms with Crippen LogP contribution in [0.5, 0.6) is 5.75 Å². The molecule has 7 nitrogen and oxygen atoms in total. The minimum absolute atomic E-state index is 0.0476. The summed E-state index contributed by atoms with van der Waals surface area (Å²) in [6.45, 7) is 0.283. The second-order valence-corrected chi connectivity index (χ2v) is 9.18. The number of methoxy groups -OCH3 is 1. The number of benzene rings is 3. The van der Waals surface area contributed by atoms with Crippen LogP contribution in [0.15, 0.2) is 78.9 Å². The zero-order chi connectivity index (χ0) is 25.1. The topological polar surface area (TPSA) is 79.0 Å². The number of para-hydroxylation sites is 2. The molecule has 1 aliphatic heterocycles. The molecule has 7 heteroatoms. The van der Waals surface area contributed by atoms with Gasteiger partial charge in [-0.1, -0.05) is 48.9 Å². The summed E-state index contributed by atoms with van der Waals surface area (Å²) in [5.74, 6) is -0.135. The first kappa shape index (κ1) is 23.6. The normalized spacial score (nSPS) is 18.8. The molecule has 36 heavy (non-hydrogen) atoms. The number of anilines is 2. The number of ether oxygens (including phenoxy) is 1. The fraction of sp³-hybridized carbons (Fsp3) is 0.276. The highest BCUT2D eigenvalue weighted by atomic mass is 16.5. The van der Waals surface area contributed by atoms with Gasteiger partial charge in [0.15, 0.2) is 0 Å². The van der Waals surface area contributed by atoms with Crippen LogP contribution in [0.2, 0.25) is 0 Å². The second kappa shape index (κ2) is 10.2. The van der Waals surface area contributed by atoms with Crippen molar-refractivity contribution in [3.63, 3.8) is 0 Å². The van der Waals surface area contributed by atoms with Crippen LogP contribution < -0.4 is 19.9 Å². The summed E-state index contributed by atoms with van der Waals surface area (Å²) in [4.78, 5) is 43.7. The molecule has 2 atom stereocenters. The third-order valence-corrected chi connectivity index (χ3v) is 7.03. The standard InChI is InChI=1S/C29H29N3O4/c1-36-22-16-14-21(15-17-22)28(34)30-18-27(33)32-24-13-7-10-23(24)29(35)31(19-20-8-3-2-4-9-20)25-11-5-6-12-26(25)32/h2-6,8-9,11-12,14-17,23-24H,7,10,13,18-19H2,1H3,(H,30,34). The molecule has 3 aromatic rings. The molecule has 0 aromatic heterocycles. The Bertz CT molecular complexity index is 1260. The van der Waals surface area contributed by atoms with E-state index in [0.29, 0.717) is 23.5 Å². The number of carbonyl (C=O) groups is 3. The van der Waals surface area contributed by atoms with Crippen molar-refractivity contribution in [2.24, 2.45) is 5.92 Å². The Morgan fingerprint density at radius 2 is 1.61 bits per heavy atom. The van der Waals surface area contributed by atoms with Crippen molar-refractivity contribution in [2.75, 3.05) is 23.5 Å². The Hall–Kier alpha value is -4.13. The van der Waals surface area contributed by atoms with E-state index in [9.17, 15) is 14.4 Å². The molecule has 0 bridgehead atoms. The van der Waals surface area contributed by atoms with E-state index in [1.54, 1.807) is 36.3 Å². The van der Waals surface area contributed by atoms with Crippen molar-refractivity contribution in [2.45, 2.75) is 31.8 Å². The molecule has 184 valence electrons. The molecule has 5 rings (SSSR count). The van der Waals surface area contributed by atoms with Gasteiger partial charge in [0.2, 0.25) is 11.8 Å². The lowest BCUT2D eigenvalue weighted by Crippen LogP contribution is -2.48. The molecule has 2 unspecified atom stereocenters. The zero-order valence-electron chi connectivity index (χ0n) is 20.2. The van der Waals surface area contributed by atoms with Crippen molar-refractivity contribution < 1.29 is 19.1 Å². The number of hydrogen-bond donors (Lipinski definition) is 1. The van der Waals surface area contributed by atoms with Gasteiger partial charge in [0.1, 0.15) is 5.75 Å². The van der Waals surface area contributed by atoms with E-state index in [4.69, 9.17) is 4.74 Å². The van der Waals surface area contributed by atoms with Crippen molar-refractivity contribution in [3.05, 3.63) is 90.0 Å². The Balaban J connectivity index is 1.42. The molecule has 0 radical (unpaired) electrons. The van der Waals surface area contributed by atoms with E-state index in [2.05, 4.69) is 5.32 Å². The van der Waals surface area contributed by atoms with E-state index in [1.165, 1.54) is 0 Å². The van der Waals surface area contributed by atoms with Crippen LogP contribution in [0, 0.1) is 5.92 Å². The molecule has 3 aromatic carbocycles. The Kier molecular flexibility index (Phi) is 6.71.